The number of halogens is 1. The minimum Gasteiger partial charge on any atom is -0.484 e. The summed E-state index contributed by atoms with van der Waals surface area (Å²) in [5.74, 6) is 0.0700. The number of hydrogen-bond donors (Lipinski definition) is 2. The van der Waals surface area contributed by atoms with Crippen molar-refractivity contribution >= 4 is 29.1 Å². The number of carbonyl (C=O) groups is 2. The lowest BCUT2D eigenvalue weighted by Crippen LogP contribution is -2.38. The Kier molecular flexibility index (Phi) is 7.44. The Balaban J connectivity index is 1.83. The Morgan fingerprint density at radius 1 is 1.08 bits per heavy atom. The fourth-order valence-corrected chi connectivity index (χ4v) is 2.32. The zero-order chi connectivity index (χ0) is 18.9. The maximum absolute atomic E-state index is 12.1. The highest BCUT2D eigenvalue weighted by molar-refractivity contribution is 6.30. The van der Waals surface area contributed by atoms with Crippen LogP contribution in [-0.2, 0) is 9.53 Å². The average molecular weight is 377 g/mol. The first-order valence-electron chi connectivity index (χ1n) is 8.06. The van der Waals surface area contributed by atoms with Crippen LogP contribution in [0, 0.1) is 0 Å². The molecule has 2 amide bonds. The molecule has 26 heavy (non-hydrogen) atoms. The van der Waals surface area contributed by atoms with Gasteiger partial charge in [-0.1, -0.05) is 11.6 Å². The van der Waals surface area contributed by atoms with Gasteiger partial charge in [0.05, 0.1) is 6.61 Å². The van der Waals surface area contributed by atoms with Gasteiger partial charge in [0.25, 0.3) is 11.8 Å². The fraction of sp³-hybridized carbons (Fsp3) is 0.263. The predicted octanol–water partition coefficient (Wildman–Crippen LogP) is 3.12. The first-order chi connectivity index (χ1) is 12.5. The van der Waals surface area contributed by atoms with Gasteiger partial charge in [0.15, 0.2) is 6.61 Å². The van der Waals surface area contributed by atoms with E-state index in [1.807, 2.05) is 6.92 Å². The molecule has 0 radical (unpaired) electrons. The van der Waals surface area contributed by atoms with Gasteiger partial charge in [-0.05, 0) is 55.5 Å². The molecule has 0 aliphatic carbocycles. The highest BCUT2D eigenvalue weighted by Gasteiger charge is 2.09. The van der Waals surface area contributed by atoms with Crippen LogP contribution in [0.2, 0.25) is 5.02 Å². The van der Waals surface area contributed by atoms with E-state index in [4.69, 9.17) is 21.1 Å². The van der Waals surface area contributed by atoms with Crippen molar-refractivity contribution in [3.8, 4) is 5.75 Å². The Labute approximate surface area is 157 Å². The molecule has 0 aliphatic heterocycles. The molecule has 2 rings (SSSR count). The van der Waals surface area contributed by atoms with Crippen molar-refractivity contribution in [3.05, 3.63) is 59.1 Å². The van der Waals surface area contributed by atoms with E-state index in [0.29, 0.717) is 28.6 Å². The lowest BCUT2D eigenvalue weighted by atomic mass is 10.2. The SMILES string of the molecule is COCC(C)NC(=O)COc1ccc(NC(=O)c2ccc(Cl)cc2)cc1. The molecular formula is C19H21ClN2O4. The van der Waals surface area contributed by atoms with Crippen molar-refractivity contribution in [2.75, 3.05) is 25.6 Å². The second-order valence-electron chi connectivity index (χ2n) is 5.70. The number of rotatable bonds is 8. The van der Waals surface area contributed by atoms with Crippen LogP contribution < -0.4 is 15.4 Å². The zero-order valence-corrected chi connectivity index (χ0v) is 15.4. The molecule has 0 spiro atoms. The zero-order valence-electron chi connectivity index (χ0n) is 14.6. The van der Waals surface area contributed by atoms with Crippen LogP contribution in [0.1, 0.15) is 17.3 Å². The molecule has 2 N–H and O–H groups in total. The summed E-state index contributed by atoms with van der Waals surface area (Å²) < 4.78 is 10.4. The molecule has 2 aromatic rings. The average Bonchev–Trinajstić information content (AvgIpc) is 2.62. The first kappa shape index (κ1) is 19.8. The van der Waals surface area contributed by atoms with E-state index in [-0.39, 0.29) is 24.5 Å². The van der Waals surface area contributed by atoms with Crippen LogP contribution in [0.25, 0.3) is 0 Å². The van der Waals surface area contributed by atoms with Gasteiger partial charge in [-0.25, -0.2) is 0 Å². The van der Waals surface area contributed by atoms with Gasteiger partial charge < -0.3 is 20.1 Å². The number of methoxy groups -OCH3 is 1. The minimum atomic E-state index is -0.234. The Hall–Kier alpha value is -2.57. The summed E-state index contributed by atoms with van der Waals surface area (Å²) in [4.78, 5) is 23.9. The predicted molar refractivity (Wildman–Crippen MR) is 101 cm³/mol. The second-order valence-corrected chi connectivity index (χ2v) is 6.13. The quantitative estimate of drug-likeness (QED) is 0.742. The molecule has 1 unspecified atom stereocenters. The van der Waals surface area contributed by atoms with E-state index < -0.39 is 0 Å². The number of benzene rings is 2. The number of anilines is 1. The van der Waals surface area contributed by atoms with Crippen LogP contribution in [0.4, 0.5) is 5.69 Å². The lowest BCUT2D eigenvalue weighted by molar-refractivity contribution is -0.124. The lowest BCUT2D eigenvalue weighted by Gasteiger charge is -2.13. The summed E-state index contributed by atoms with van der Waals surface area (Å²) in [6, 6.07) is 13.3. The van der Waals surface area contributed by atoms with Crippen LogP contribution in [-0.4, -0.2) is 38.2 Å². The molecule has 0 aliphatic rings. The minimum absolute atomic E-state index is 0.0819. The highest BCUT2D eigenvalue weighted by atomic mass is 35.5. The van der Waals surface area contributed by atoms with Crippen LogP contribution in [0.3, 0.4) is 0 Å². The molecule has 0 saturated heterocycles. The van der Waals surface area contributed by atoms with E-state index >= 15 is 0 Å². The Morgan fingerprint density at radius 3 is 2.35 bits per heavy atom. The number of hydrogen-bond acceptors (Lipinski definition) is 4. The number of nitrogens with one attached hydrogen (secondary N) is 2. The molecule has 0 heterocycles. The normalized spacial score (nSPS) is 11.5. The molecule has 7 heteroatoms. The van der Waals surface area contributed by atoms with Crippen molar-refractivity contribution in [1.29, 1.82) is 0 Å². The third-order valence-corrected chi connectivity index (χ3v) is 3.66. The molecule has 2 aromatic carbocycles. The highest BCUT2D eigenvalue weighted by Crippen LogP contribution is 2.17. The van der Waals surface area contributed by atoms with Gasteiger partial charge in [0.2, 0.25) is 0 Å². The molecule has 0 aromatic heterocycles. The first-order valence-corrected chi connectivity index (χ1v) is 8.44. The third kappa shape index (κ3) is 6.38. The molecule has 0 bridgehead atoms. The van der Waals surface area contributed by atoms with Gasteiger partial charge in [0.1, 0.15) is 5.75 Å². The van der Waals surface area contributed by atoms with Gasteiger partial charge in [-0.2, -0.15) is 0 Å². The maximum Gasteiger partial charge on any atom is 0.258 e. The number of carbonyl (C=O) groups excluding carboxylic acids is 2. The maximum atomic E-state index is 12.1. The van der Waals surface area contributed by atoms with Crippen molar-refractivity contribution in [2.24, 2.45) is 0 Å². The topological polar surface area (TPSA) is 76.7 Å². The summed E-state index contributed by atoms with van der Waals surface area (Å²) >= 11 is 5.81. The summed E-state index contributed by atoms with van der Waals surface area (Å²) in [5.41, 5.74) is 1.13. The van der Waals surface area contributed by atoms with Crippen molar-refractivity contribution < 1.29 is 19.1 Å². The van der Waals surface area contributed by atoms with Crippen molar-refractivity contribution in [3.63, 3.8) is 0 Å². The molecule has 0 fully saturated rings. The van der Waals surface area contributed by atoms with Crippen LogP contribution in [0.15, 0.2) is 48.5 Å². The fourth-order valence-electron chi connectivity index (χ4n) is 2.20. The monoisotopic (exact) mass is 376 g/mol. The third-order valence-electron chi connectivity index (χ3n) is 3.41. The van der Waals surface area contributed by atoms with E-state index in [2.05, 4.69) is 10.6 Å². The van der Waals surface area contributed by atoms with E-state index in [1.165, 1.54) is 0 Å². The standard InChI is InChI=1S/C19H21ClN2O4/c1-13(11-25-2)21-18(23)12-26-17-9-7-16(8-10-17)22-19(24)14-3-5-15(20)6-4-14/h3-10,13H,11-12H2,1-2H3,(H,21,23)(H,22,24). The van der Waals surface area contributed by atoms with Crippen molar-refractivity contribution in [2.45, 2.75) is 13.0 Å². The van der Waals surface area contributed by atoms with Crippen molar-refractivity contribution in [1.82, 2.24) is 5.32 Å². The van der Waals surface area contributed by atoms with E-state index in [1.54, 1.807) is 55.6 Å². The van der Waals surface area contributed by atoms with Gasteiger partial charge in [-0.3, -0.25) is 9.59 Å². The largest absolute Gasteiger partial charge is 0.484 e. The summed E-state index contributed by atoms with van der Waals surface area (Å²) in [6.07, 6.45) is 0. The molecular weight excluding hydrogens is 356 g/mol. The Morgan fingerprint density at radius 2 is 1.73 bits per heavy atom. The van der Waals surface area contributed by atoms with Gasteiger partial charge in [0, 0.05) is 29.4 Å². The van der Waals surface area contributed by atoms with Crippen LogP contribution >= 0.6 is 11.6 Å². The van der Waals surface area contributed by atoms with Crippen LogP contribution in [0.5, 0.6) is 5.75 Å². The summed E-state index contributed by atoms with van der Waals surface area (Å²) in [7, 11) is 1.58. The summed E-state index contributed by atoms with van der Waals surface area (Å²) in [5, 5.41) is 6.11. The molecule has 6 nitrogen and oxygen atoms in total. The molecule has 1 atom stereocenters. The Bertz CT molecular complexity index is 732. The molecule has 0 saturated carbocycles. The van der Waals surface area contributed by atoms with E-state index in [9.17, 15) is 9.59 Å². The molecule has 138 valence electrons. The van der Waals surface area contributed by atoms with E-state index in [0.717, 1.165) is 0 Å². The number of amides is 2. The van der Waals surface area contributed by atoms with Gasteiger partial charge >= 0.3 is 0 Å². The number of ether oxygens (including phenoxy) is 2. The summed E-state index contributed by atoms with van der Waals surface area (Å²) in [6.45, 7) is 2.19. The second kappa shape index (κ2) is 9.79. The smallest absolute Gasteiger partial charge is 0.258 e. The van der Waals surface area contributed by atoms with Gasteiger partial charge in [-0.15, -0.1) is 0 Å².